The number of para-hydroxylation sites is 1. The molecule has 37 heavy (non-hydrogen) atoms. The van der Waals surface area contributed by atoms with Crippen LogP contribution in [0.25, 0.3) is 28.2 Å². The molecule has 2 aromatic heterocycles. The third-order valence-electron chi connectivity index (χ3n) is 5.71. The molecule has 2 heterocycles. The number of nitrogens with zero attached hydrogens (tertiary/aromatic N) is 4. The van der Waals surface area contributed by atoms with Crippen LogP contribution >= 0.6 is 0 Å². The van der Waals surface area contributed by atoms with Crippen molar-refractivity contribution in [3.05, 3.63) is 82.4 Å². The lowest BCUT2D eigenvalue weighted by molar-refractivity contribution is -0.142. The standard InChI is InChI=1S/C27H28FN5O4/c1-3-37-24(36)14-15-29-27-25(26(31-32(27)16-17-34)19-8-10-20(28)11-9-19)21-12-13-23(35)33(30-21)22-7-5-4-6-18(22)2/h4-13,29,34H,3,14-17H2,1-2H3. The highest BCUT2D eigenvalue weighted by atomic mass is 19.1. The summed E-state index contributed by atoms with van der Waals surface area (Å²) in [6.07, 6.45) is 0.111. The van der Waals surface area contributed by atoms with Crippen LogP contribution in [0.15, 0.2) is 65.5 Å². The van der Waals surface area contributed by atoms with Gasteiger partial charge in [-0.25, -0.2) is 9.07 Å². The maximum Gasteiger partial charge on any atom is 0.307 e. The average Bonchev–Trinajstić information content (AvgIpc) is 3.24. The molecule has 10 heteroatoms. The first-order valence-corrected chi connectivity index (χ1v) is 12.0. The van der Waals surface area contributed by atoms with Crippen molar-refractivity contribution in [1.29, 1.82) is 0 Å². The number of aliphatic hydroxyl groups is 1. The van der Waals surface area contributed by atoms with E-state index in [0.29, 0.717) is 34.0 Å². The molecule has 0 unspecified atom stereocenters. The van der Waals surface area contributed by atoms with Gasteiger partial charge in [0, 0.05) is 18.2 Å². The van der Waals surface area contributed by atoms with Gasteiger partial charge in [-0.1, -0.05) is 18.2 Å². The minimum Gasteiger partial charge on any atom is -0.466 e. The number of nitrogens with one attached hydrogen (secondary N) is 1. The molecule has 0 aliphatic heterocycles. The summed E-state index contributed by atoms with van der Waals surface area (Å²) in [6, 6.07) is 16.3. The van der Waals surface area contributed by atoms with Crippen LogP contribution in [0.5, 0.6) is 0 Å². The smallest absolute Gasteiger partial charge is 0.307 e. The number of aliphatic hydroxyl groups excluding tert-OH is 1. The van der Waals surface area contributed by atoms with Crippen LogP contribution in [-0.4, -0.2) is 50.4 Å². The molecule has 2 N–H and O–H groups in total. The minimum atomic E-state index is -0.390. The fourth-order valence-electron chi connectivity index (χ4n) is 3.98. The fourth-order valence-corrected chi connectivity index (χ4v) is 3.98. The van der Waals surface area contributed by atoms with Gasteiger partial charge in [0.25, 0.3) is 5.56 Å². The molecule has 0 saturated heterocycles. The minimum absolute atomic E-state index is 0.111. The lowest BCUT2D eigenvalue weighted by Crippen LogP contribution is -2.21. The van der Waals surface area contributed by atoms with Crippen molar-refractivity contribution >= 4 is 11.8 Å². The van der Waals surface area contributed by atoms with Crippen LogP contribution in [0.2, 0.25) is 0 Å². The molecule has 9 nitrogen and oxygen atoms in total. The van der Waals surface area contributed by atoms with Crippen molar-refractivity contribution < 1.29 is 19.0 Å². The molecule has 0 spiro atoms. The van der Waals surface area contributed by atoms with Crippen molar-refractivity contribution in [3.63, 3.8) is 0 Å². The first kappa shape index (κ1) is 25.8. The Balaban J connectivity index is 1.88. The highest BCUT2D eigenvalue weighted by molar-refractivity contribution is 5.87. The first-order valence-electron chi connectivity index (χ1n) is 12.0. The number of halogens is 1. The van der Waals surface area contributed by atoms with Crippen LogP contribution in [-0.2, 0) is 16.1 Å². The van der Waals surface area contributed by atoms with E-state index in [0.717, 1.165) is 5.56 Å². The first-order chi connectivity index (χ1) is 17.9. The van der Waals surface area contributed by atoms with E-state index >= 15 is 0 Å². The second-order valence-electron chi connectivity index (χ2n) is 8.26. The van der Waals surface area contributed by atoms with E-state index < -0.39 is 0 Å². The predicted molar refractivity (Wildman–Crippen MR) is 138 cm³/mol. The highest BCUT2D eigenvalue weighted by Crippen LogP contribution is 2.37. The van der Waals surface area contributed by atoms with Gasteiger partial charge in [-0.05, 0) is 55.8 Å². The van der Waals surface area contributed by atoms with E-state index in [9.17, 15) is 19.1 Å². The molecule has 0 fully saturated rings. The van der Waals surface area contributed by atoms with Crippen molar-refractivity contribution in [2.24, 2.45) is 0 Å². The molecule has 192 valence electrons. The number of carbonyl (C=O) groups excluding carboxylic acids is 1. The van der Waals surface area contributed by atoms with Crippen LogP contribution in [0, 0.1) is 12.7 Å². The largest absolute Gasteiger partial charge is 0.466 e. The van der Waals surface area contributed by atoms with Crippen LogP contribution < -0.4 is 10.9 Å². The van der Waals surface area contributed by atoms with Gasteiger partial charge in [-0.15, -0.1) is 0 Å². The van der Waals surface area contributed by atoms with Gasteiger partial charge in [0.1, 0.15) is 17.3 Å². The number of hydrogen-bond acceptors (Lipinski definition) is 7. The Labute approximate surface area is 213 Å². The van der Waals surface area contributed by atoms with Gasteiger partial charge in [0.15, 0.2) is 0 Å². The molecule has 4 aromatic rings. The molecule has 4 rings (SSSR count). The summed E-state index contributed by atoms with van der Waals surface area (Å²) in [4.78, 5) is 24.7. The van der Waals surface area contributed by atoms with Gasteiger partial charge in [-0.2, -0.15) is 14.9 Å². The number of aryl methyl sites for hydroxylation is 1. The van der Waals surface area contributed by atoms with Crippen molar-refractivity contribution in [2.75, 3.05) is 25.1 Å². The van der Waals surface area contributed by atoms with E-state index in [2.05, 4.69) is 15.5 Å². The monoisotopic (exact) mass is 505 g/mol. The van der Waals surface area contributed by atoms with Crippen molar-refractivity contribution in [2.45, 2.75) is 26.8 Å². The second-order valence-corrected chi connectivity index (χ2v) is 8.26. The molecule has 0 aliphatic rings. The Kier molecular flexibility index (Phi) is 8.09. The summed E-state index contributed by atoms with van der Waals surface area (Å²) in [7, 11) is 0. The van der Waals surface area contributed by atoms with Gasteiger partial charge >= 0.3 is 5.97 Å². The summed E-state index contributed by atoms with van der Waals surface area (Å²) < 4.78 is 21.6. The van der Waals surface area contributed by atoms with E-state index in [1.165, 1.54) is 22.9 Å². The summed E-state index contributed by atoms with van der Waals surface area (Å²) in [6.45, 7) is 4.13. The predicted octanol–water partition coefficient (Wildman–Crippen LogP) is 3.57. The van der Waals surface area contributed by atoms with Crippen LogP contribution in [0.4, 0.5) is 10.2 Å². The number of benzene rings is 2. The topological polar surface area (TPSA) is 111 Å². The van der Waals surface area contributed by atoms with Gasteiger partial charge in [0.2, 0.25) is 0 Å². The Bertz CT molecular complexity index is 1450. The van der Waals surface area contributed by atoms with Gasteiger partial charge < -0.3 is 15.2 Å². The quantitative estimate of drug-likeness (QED) is 0.317. The number of anilines is 1. The third kappa shape index (κ3) is 5.75. The normalized spacial score (nSPS) is 10.9. The summed E-state index contributed by atoms with van der Waals surface area (Å²) >= 11 is 0. The summed E-state index contributed by atoms with van der Waals surface area (Å²) in [5.74, 6) is -0.242. The second kappa shape index (κ2) is 11.6. The van der Waals surface area contributed by atoms with Crippen LogP contribution in [0.3, 0.4) is 0 Å². The molecule has 2 aromatic carbocycles. The molecule has 0 bridgehead atoms. The molecular formula is C27H28FN5O4. The van der Waals surface area contributed by atoms with Crippen molar-refractivity contribution in [1.82, 2.24) is 19.6 Å². The zero-order valence-electron chi connectivity index (χ0n) is 20.6. The lowest BCUT2D eigenvalue weighted by atomic mass is 10.0. The SMILES string of the molecule is CCOC(=O)CCNc1c(-c2ccc(=O)n(-c3ccccc3C)n2)c(-c2ccc(F)cc2)nn1CCO. The maximum atomic E-state index is 13.7. The highest BCUT2D eigenvalue weighted by Gasteiger charge is 2.23. The fraction of sp³-hybridized carbons (Fsp3) is 0.259. The van der Waals surface area contributed by atoms with E-state index in [1.54, 1.807) is 29.8 Å². The number of aromatic nitrogens is 4. The Morgan fingerprint density at radius 1 is 1.08 bits per heavy atom. The zero-order chi connectivity index (χ0) is 26.4. The maximum absolute atomic E-state index is 13.7. The Morgan fingerprint density at radius 3 is 2.54 bits per heavy atom. The van der Waals surface area contributed by atoms with Gasteiger partial charge in [0.05, 0.1) is 43.1 Å². The number of ether oxygens (including phenoxy) is 1. The Hall–Kier alpha value is -4.31. The number of carbonyl (C=O) groups is 1. The summed E-state index contributed by atoms with van der Waals surface area (Å²) in [5.41, 5.74) is 3.29. The molecule has 0 atom stereocenters. The van der Waals surface area contributed by atoms with Crippen LogP contribution in [0.1, 0.15) is 18.9 Å². The lowest BCUT2D eigenvalue weighted by Gasteiger charge is -2.13. The number of hydrogen-bond donors (Lipinski definition) is 2. The molecular weight excluding hydrogens is 477 g/mol. The molecule has 0 amide bonds. The van der Waals surface area contributed by atoms with Crippen molar-refractivity contribution in [3.8, 4) is 28.2 Å². The molecule has 0 aliphatic carbocycles. The zero-order valence-corrected chi connectivity index (χ0v) is 20.6. The summed E-state index contributed by atoms with van der Waals surface area (Å²) in [5, 5.41) is 22.3. The number of rotatable bonds is 10. The van der Waals surface area contributed by atoms with Gasteiger partial charge in [-0.3, -0.25) is 9.59 Å². The molecule has 0 saturated carbocycles. The Morgan fingerprint density at radius 2 is 1.84 bits per heavy atom. The molecule has 0 radical (unpaired) electrons. The number of esters is 1. The average molecular weight is 506 g/mol. The van der Waals surface area contributed by atoms with E-state index in [-0.39, 0.29) is 50.1 Å². The third-order valence-corrected chi connectivity index (χ3v) is 5.71. The van der Waals surface area contributed by atoms with E-state index in [4.69, 9.17) is 4.74 Å². The van der Waals surface area contributed by atoms with E-state index in [1.807, 2.05) is 31.2 Å².